The molecule has 0 radical (unpaired) electrons. The number of aliphatic hydroxyl groups excluding tert-OH is 1. The van der Waals surface area contributed by atoms with Crippen LogP contribution in [0.4, 0.5) is 0 Å². The molecule has 0 spiro atoms. The van der Waals surface area contributed by atoms with Crippen molar-refractivity contribution in [3.63, 3.8) is 0 Å². The van der Waals surface area contributed by atoms with Crippen molar-refractivity contribution in [2.75, 3.05) is 19.8 Å². The number of nitrogens with zero attached hydrogens (tertiary/aromatic N) is 1. The number of nitrogens with one attached hydrogen (secondary N) is 1. The summed E-state index contributed by atoms with van der Waals surface area (Å²) in [4.78, 5) is 41.1. The zero-order valence-corrected chi connectivity index (χ0v) is 20.1. The highest BCUT2D eigenvalue weighted by Gasteiger charge is 2.57. The van der Waals surface area contributed by atoms with Crippen molar-refractivity contribution in [1.82, 2.24) is 10.2 Å². The molecule has 0 unspecified atom stereocenters. The highest BCUT2D eigenvalue weighted by molar-refractivity contribution is 5.96. The van der Waals surface area contributed by atoms with E-state index in [9.17, 15) is 19.5 Å². The van der Waals surface area contributed by atoms with E-state index < -0.39 is 29.3 Å². The molecule has 7 heteroatoms. The van der Waals surface area contributed by atoms with Crippen LogP contribution < -0.4 is 5.32 Å². The van der Waals surface area contributed by atoms with Gasteiger partial charge in [0.15, 0.2) is 0 Å². The Labute approximate surface area is 186 Å². The molecule has 0 aromatic rings. The lowest BCUT2D eigenvalue weighted by molar-refractivity contribution is -0.155. The first-order valence-corrected chi connectivity index (χ1v) is 11.4. The Bertz CT molecular complexity index is 709. The Morgan fingerprint density at radius 2 is 1.81 bits per heavy atom. The quantitative estimate of drug-likeness (QED) is 0.450. The summed E-state index contributed by atoms with van der Waals surface area (Å²) in [7, 11) is 0. The predicted octanol–water partition coefficient (Wildman–Crippen LogP) is 2.53. The maximum atomic E-state index is 13.4. The minimum atomic E-state index is -0.755. The van der Waals surface area contributed by atoms with Gasteiger partial charge in [0, 0.05) is 18.0 Å². The summed E-state index contributed by atoms with van der Waals surface area (Å²) in [5, 5.41) is 12.7. The fourth-order valence-electron chi connectivity index (χ4n) is 5.57. The van der Waals surface area contributed by atoms with Crippen molar-refractivity contribution in [3.05, 3.63) is 12.2 Å². The third kappa shape index (κ3) is 5.68. The van der Waals surface area contributed by atoms with Crippen LogP contribution in [0, 0.1) is 29.1 Å². The molecule has 2 aliphatic rings. The van der Waals surface area contributed by atoms with E-state index in [4.69, 9.17) is 4.74 Å². The second-order valence-corrected chi connectivity index (χ2v) is 10.6. The lowest BCUT2D eigenvalue weighted by Gasteiger charge is -2.37. The topological polar surface area (TPSA) is 95.9 Å². The van der Waals surface area contributed by atoms with Gasteiger partial charge in [0.2, 0.25) is 11.8 Å². The Morgan fingerprint density at radius 1 is 1.16 bits per heavy atom. The standard InChI is InChI=1S/C24H40N2O5/c1-8-15-10-11-16-18(17(15)22(30)31-9-2)21(29)26(12-13-27)19(16)20(28)25-24(6,7)14-23(3,4)5/h10-11,15-19,27H,8-9,12-14H2,1-7H3,(H,25,28)/t15-,16+,17-,18-,19+/m1/s1. The number of allylic oxidation sites excluding steroid dienone is 1. The van der Waals surface area contributed by atoms with Crippen LogP contribution in [0.3, 0.4) is 0 Å². The molecule has 1 aliphatic carbocycles. The number of amides is 2. The fraction of sp³-hybridized carbons (Fsp3) is 0.792. The minimum absolute atomic E-state index is 0.0176. The van der Waals surface area contributed by atoms with E-state index in [0.29, 0.717) is 6.42 Å². The van der Waals surface area contributed by atoms with Crippen LogP contribution >= 0.6 is 0 Å². The number of hydrogen-bond donors (Lipinski definition) is 2. The summed E-state index contributed by atoms with van der Waals surface area (Å²) in [6.45, 7) is 14.1. The molecule has 0 bridgehead atoms. The largest absolute Gasteiger partial charge is 0.466 e. The van der Waals surface area contributed by atoms with Crippen molar-refractivity contribution in [2.45, 2.75) is 72.9 Å². The number of ether oxygens (including phenoxy) is 1. The molecule has 2 N–H and O–H groups in total. The summed E-state index contributed by atoms with van der Waals surface area (Å²) < 4.78 is 5.30. The van der Waals surface area contributed by atoms with Gasteiger partial charge in [0.05, 0.1) is 25.0 Å². The Kier molecular flexibility index (Phi) is 7.95. The van der Waals surface area contributed by atoms with Crippen LogP contribution in [0.25, 0.3) is 0 Å². The lowest BCUT2D eigenvalue weighted by atomic mass is 9.69. The van der Waals surface area contributed by atoms with Gasteiger partial charge in [-0.2, -0.15) is 0 Å². The molecule has 31 heavy (non-hydrogen) atoms. The highest BCUT2D eigenvalue weighted by atomic mass is 16.5. The number of carbonyl (C=O) groups is 3. The first-order valence-electron chi connectivity index (χ1n) is 11.4. The van der Waals surface area contributed by atoms with Gasteiger partial charge < -0.3 is 20.1 Å². The van der Waals surface area contributed by atoms with Crippen molar-refractivity contribution in [3.8, 4) is 0 Å². The number of likely N-dealkylation sites (tertiary alicyclic amines) is 1. The van der Waals surface area contributed by atoms with Crippen molar-refractivity contribution in [1.29, 1.82) is 0 Å². The van der Waals surface area contributed by atoms with E-state index in [1.165, 1.54) is 4.90 Å². The molecular formula is C24H40N2O5. The van der Waals surface area contributed by atoms with Gasteiger partial charge in [-0.1, -0.05) is 39.8 Å². The maximum Gasteiger partial charge on any atom is 0.310 e. The fourth-order valence-corrected chi connectivity index (χ4v) is 5.57. The van der Waals surface area contributed by atoms with E-state index in [-0.39, 0.29) is 48.9 Å². The van der Waals surface area contributed by atoms with E-state index in [1.54, 1.807) is 6.92 Å². The molecule has 1 fully saturated rings. The third-order valence-corrected chi connectivity index (χ3v) is 6.19. The van der Waals surface area contributed by atoms with Crippen molar-refractivity contribution >= 4 is 17.8 Å². The first-order chi connectivity index (χ1) is 14.4. The van der Waals surface area contributed by atoms with Crippen LogP contribution in [0.2, 0.25) is 0 Å². The lowest BCUT2D eigenvalue weighted by Crippen LogP contribution is -2.54. The molecule has 0 aromatic heterocycles. The summed E-state index contributed by atoms with van der Waals surface area (Å²) >= 11 is 0. The summed E-state index contributed by atoms with van der Waals surface area (Å²) in [6.07, 6.45) is 5.34. The number of hydrogen-bond acceptors (Lipinski definition) is 5. The third-order valence-electron chi connectivity index (χ3n) is 6.19. The average molecular weight is 437 g/mol. The van der Waals surface area contributed by atoms with Crippen LogP contribution in [-0.4, -0.2) is 59.1 Å². The zero-order chi connectivity index (χ0) is 23.6. The Hall–Kier alpha value is -1.89. The molecule has 7 nitrogen and oxygen atoms in total. The van der Waals surface area contributed by atoms with Crippen LogP contribution in [-0.2, 0) is 19.1 Å². The van der Waals surface area contributed by atoms with Gasteiger partial charge >= 0.3 is 5.97 Å². The van der Waals surface area contributed by atoms with E-state index in [1.807, 2.05) is 32.9 Å². The maximum absolute atomic E-state index is 13.4. The van der Waals surface area contributed by atoms with Gasteiger partial charge in [-0.05, 0) is 44.9 Å². The van der Waals surface area contributed by atoms with Crippen molar-refractivity contribution in [2.24, 2.45) is 29.1 Å². The van der Waals surface area contributed by atoms with Gasteiger partial charge in [-0.25, -0.2) is 0 Å². The number of aliphatic hydroxyl groups is 1. The van der Waals surface area contributed by atoms with E-state index >= 15 is 0 Å². The van der Waals surface area contributed by atoms with Gasteiger partial charge in [0.25, 0.3) is 0 Å². The number of β-amino-alcohol motifs (C(OH)–C–C–N with tert-alkyl or cyclic N) is 1. The van der Waals surface area contributed by atoms with Crippen LogP contribution in [0.15, 0.2) is 12.2 Å². The molecule has 176 valence electrons. The van der Waals surface area contributed by atoms with Crippen molar-refractivity contribution < 1.29 is 24.2 Å². The molecular weight excluding hydrogens is 396 g/mol. The molecule has 2 amide bonds. The molecule has 2 rings (SSSR count). The molecule has 5 atom stereocenters. The molecule has 1 heterocycles. The summed E-state index contributed by atoms with van der Waals surface area (Å²) in [5.41, 5.74) is -0.448. The Morgan fingerprint density at radius 3 is 2.32 bits per heavy atom. The molecule has 0 saturated carbocycles. The number of rotatable bonds is 8. The number of fused-ring (bicyclic) bond motifs is 1. The normalized spacial score (nSPS) is 28.5. The molecule has 0 aromatic carbocycles. The Balaban J connectivity index is 2.39. The van der Waals surface area contributed by atoms with Gasteiger partial charge in [-0.3, -0.25) is 14.4 Å². The minimum Gasteiger partial charge on any atom is -0.466 e. The molecule has 1 aliphatic heterocycles. The van der Waals surface area contributed by atoms with Gasteiger partial charge in [0.1, 0.15) is 6.04 Å². The van der Waals surface area contributed by atoms with Crippen LogP contribution in [0.1, 0.15) is 61.3 Å². The first kappa shape index (κ1) is 25.4. The summed E-state index contributed by atoms with van der Waals surface area (Å²) in [5.74, 6) is -2.70. The molecule has 1 saturated heterocycles. The smallest absolute Gasteiger partial charge is 0.310 e. The summed E-state index contributed by atoms with van der Waals surface area (Å²) in [6, 6.07) is -0.755. The SMILES string of the molecule is CCOC(=O)[C@H]1[C@@H]2C(=O)N(CCO)[C@H](C(=O)NC(C)(C)CC(C)(C)C)[C@H]2C=C[C@H]1CC. The van der Waals surface area contributed by atoms with Crippen LogP contribution in [0.5, 0.6) is 0 Å². The van der Waals surface area contributed by atoms with Gasteiger partial charge in [-0.15, -0.1) is 0 Å². The van der Waals surface area contributed by atoms with E-state index in [2.05, 4.69) is 26.1 Å². The predicted molar refractivity (Wildman–Crippen MR) is 119 cm³/mol. The highest BCUT2D eigenvalue weighted by Crippen LogP contribution is 2.45. The monoisotopic (exact) mass is 436 g/mol. The average Bonchev–Trinajstić information content (AvgIpc) is 2.91. The number of esters is 1. The zero-order valence-electron chi connectivity index (χ0n) is 20.1. The second-order valence-electron chi connectivity index (χ2n) is 10.6. The second kappa shape index (κ2) is 9.72. The number of carbonyl (C=O) groups excluding carboxylic acids is 3. The van der Waals surface area contributed by atoms with E-state index in [0.717, 1.165) is 6.42 Å².